The normalized spacial score (nSPS) is 13.6. The second-order valence-corrected chi connectivity index (χ2v) is 8.45. The Morgan fingerprint density at radius 1 is 1.04 bits per heavy atom. The second kappa shape index (κ2) is 6.96. The Kier molecular flexibility index (Phi) is 4.84. The van der Waals surface area contributed by atoms with Gasteiger partial charge in [-0.1, -0.05) is 25.1 Å². The minimum absolute atomic E-state index is 0.00709. The highest BCUT2D eigenvalue weighted by atomic mass is 32.2. The van der Waals surface area contributed by atoms with Gasteiger partial charge in [-0.15, -0.1) is 0 Å². The zero-order chi connectivity index (χ0) is 19.8. The van der Waals surface area contributed by atoms with Crippen LogP contribution >= 0.6 is 0 Å². The van der Waals surface area contributed by atoms with E-state index in [-0.39, 0.29) is 39.8 Å². The smallest absolute Gasteiger partial charge is 0.263 e. The van der Waals surface area contributed by atoms with Gasteiger partial charge >= 0.3 is 0 Å². The summed E-state index contributed by atoms with van der Waals surface area (Å²) >= 11 is 0. The lowest BCUT2D eigenvalue weighted by atomic mass is 10.1. The van der Waals surface area contributed by atoms with Crippen LogP contribution in [0.1, 0.15) is 33.2 Å². The van der Waals surface area contributed by atoms with E-state index < -0.39 is 21.7 Å². The highest BCUT2D eigenvalue weighted by Gasteiger charge is 2.35. The summed E-state index contributed by atoms with van der Waals surface area (Å²) in [5.41, 5.74) is 1.36. The zero-order valence-electron chi connectivity index (χ0n) is 14.9. The summed E-state index contributed by atoms with van der Waals surface area (Å²) in [6.07, 6.45) is 0.00803. The molecule has 0 saturated heterocycles. The minimum Gasteiger partial charge on any atom is -0.325 e. The van der Waals surface area contributed by atoms with Crippen LogP contribution in [0.2, 0.25) is 0 Å². The number of nitrogens with one attached hydrogen (secondary N) is 1. The fourth-order valence-corrected chi connectivity index (χ4v) is 3.75. The monoisotopic (exact) mass is 386 g/mol. The third-order valence-corrected chi connectivity index (χ3v) is 6.17. The van der Waals surface area contributed by atoms with Crippen molar-refractivity contribution < 1.29 is 22.8 Å². The summed E-state index contributed by atoms with van der Waals surface area (Å²) in [7, 11) is -1.90. The molecule has 0 unspecified atom stereocenters. The Bertz CT molecular complexity index is 1040. The van der Waals surface area contributed by atoms with Crippen molar-refractivity contribution in [3.05, 3.63) is 59.2 Å². The van der Waals surface area contributed by atoms with E-state index in [4.69, 9.17) is 0 Å². The number of fused-ring (bicyclic) bond motifs is 1. The first-order valence-corrected chi connectivity index (χ1v) is 9.96. The predicted octanol–water partition coefficient (Wildman–Crippen LogP) is 1.89. The van der Waals surface area contributed by atoms with E-state index in [1.165, 1.54) is 19.2 Å². The Hall–Kier alpha value is -3.00. The lowest BCUT2D eigenvalue weighted by molar-refractivity contribution is -0.115. The number of imide groups is 1. The summed E-state index contributed by atoms with van der Waals surface area (Å²) in [5.74, 6) is -1.23. The molecule has 0 fully saturated rings. The van der Waals surface area contributed by atoms with E-state index in [2.05, 4.69) is 5.32 Å². The molecule has 0 radical (unpaired) electrons. The van der Waals surface area contributed by atoms with Crippen LogP contribution in [0.25, 0.3) is 0 Å². The molecule has 1 heterocycles. The Balaban J connectivity index is 1.77. The van der Waals surface area contributed by atoms with Crippen LogP contribution in [0.5, 0.6) is 0 Å². The fraction of sp³-hybridized carbons (Fsp3) is 0.211. The van der Waals surface area contributed by atoms with Crippen molar-refractivity contribution in [3.8, 4) is 0 Å². The van der Waals surface area contributed by atoms with Crippen molar-refractivity contribution in [2.24, 2.45) is 0 Å². The molecule has 2 aromatic rings. The first-order valence-electron chi connectivity index (χ1n) is 8.31. The summed E-state index contributed by atoms with van der Waals surface area (Å²) in [6.45, 7) is 1.57. The molecule has 0 bridgehead atoms. The summed E-state index contributed by atoms with van der Waals surface area (Å²) < 4.78 is 23.7. The van der Waals surface area contributed by atoms with E-state index >= 15 is 0 Å². The maximum absolute atomic E-state index is 12.4. The van der Waals surface area contributed by atoms with Gasteiger partial charge < -0.3 is 5.32 Å². The number of rotatable bonds is 5. The molecular formula is C19H18N2O5S. The largest absolute Gasteiger partial charge is 0.325 e. The van der Waals surface area contributed by atoms with Crippen molar-refractivity contribution in [2.75, 3.05) is 18.1 Å². The molecule has 0 spiro atoms. The number of hydrogen-bond donors (Lipinski definition) is 1. The second-order valence-electron chi connectivity index (χ2n) is 6.17. The third kappa shape index (κ3) is 3.48. The molecule has 3 amide bonds. The molecule has 0 aromatic heterocycles. The van der Waals surface area contributed by atoms with E-state index in [1.54, 1.807) is 37.3 Å². The minimum atomic E-state index is -3.29. The van der Waals surface area contributed by atoms with E-state index in [1.807, 2.05) is 0 Å². The average molecular weight is 386 g/mol. The third-order valence-electron chi connectivity index (χ3n) is 4.42. The highest BCUT2D eigenvalue weighted by Crippen LogP contribution is 2.28. The summed E-state index contributed by atoms with van der Waals surface area (Å²) in [6, 6.07) is 10.8. The standard InChI is InChI=1S/C19H18N2O5S/c1-3-27(25,26)13-9-7-12(8-10-13)11-16(22)20-15-6-4-5-14-17(15)19(24)21(2)18(14)23/h4-10H,3,11H2,1-2H3,(H,20,22). The van der Waals surface area contributed by atoms with Crippen molar-refractivity contribution in [1.29, 1.82) is 0 Å². The average Bonchev–Trinajstić information content (AvgIpc) is 2.87. The van der Waals surface area contributed by atoms with Crippen LogP contribution in [0, 0.1) is 0 Å². The zero-order valence-corrected chi connectivity index (χ0v) is 15.7. The molecule has 7 nitrogen and oxygen atoms in total. The predicted molar refractivity (Wildman–Crippen MR) is 99.4 cm³/mol. The molecule has 1 aliphatic rings. The Labute approximate surface area is 156 Å². The van der Waals surface area contributed by atoms with Crippen LogP contribution in [-0.4, -0.2) is 43.8 Å². The number of benzene rings is 2. The molecular weight excluding hydrogens is 368 g/mol. The van der Waals surface area contributed by atoms with Gasteiger partial charge in [0, 0.05) is 7.05 Å². The first kappa shape index (κ1) is 18.8. The van der Waals surface area contributed by atoms with Gasteiger partial charge in [-0.3, -0.25) is 19.3 Å². The van der Waals surface area contributed by atoms with Crippen LogP contribution in [0.4, 0.5) is 5.69 Å². The molecule has 2 aromatic carbocycles. The number of carbonyl (C=O) groups excluding carboxylic acids is 3. The Morgan fingerprint density at radius 3 is 2.33 bits per heavy atom. The molecule has 27 heavy (non-hydrogen) atoms. The topological polar surface area (TPSA) is 101 Å². The van der Waals surface area contributed by atoms with Gasteiger partial charge in [-0.25, -0.2) is 8.42 Å². The van der Waals surface area contributed by atoms with Gasteiger partial charge in [0.2, 0.25) is 5.91 Å². The van der Waals surface area contributed by atoms with Crippen LogP contribution in [0.15, 0.2) is 47.4 Å². The molecule has 0 atom stereocenters. The molecule has 1 aliphatic heterocycles. The van der Waals surface area contributed by atoms with Crippen molar-refractivity contribution in [3.63, 3.8) is 0 Å². The number of anilines is 1. The quantitative estimate of drug-likeness (QED) is 0.791. The number of hydrogen-bond acceptors (Lipinski definition) is 5. The van der Waals surface area contributed by atoms with Crippen molar-refractivity contribution >= 4 is 33.2 Å². The van der Waals surface area contributed by atoms with Gasteiger partial charge in [-0.2, -0.15) is 0 Å². The summed E-state index contributed by atoms with van der Waals surface area (Å²) in [4.78, 5) is 37.8. The molecule has 0 saturated carbocycles. The lowest BCUT2D eigenvalue weighted by Gasteiger charge is -2.09. The number of carbonyl (C=O) groups is 3. The number of amides is 3. The highest BCUT2D eigenvalue weighted by molar-refractivity contribution is 7.91. The van der Waals surface area contributed by atoms with Gasteiger partial charge in [0.15, 0.2) is 9.84 Å². The lowest BCUT2D eigenvalue weighted by Crippen LogP contribution is -2.24. The molecule has 1 N–H and O–H groups in total. The van der Waals surface area contributed by atoms with Crippen LogP contribution < -0.4 is 5.32 Å². The van der Waals surface area contributed by atoms with Gasteiger partial charge in [0.05, 0.1) is 33.9 Å². The maximum Gasteiger partial charge on any atom is 0.263 e. The van der Waals surface area contributed by atoms with Gasteiger partial charge in [0.25, 0.3) is 11.8 Å². The van der Waals surface area contributed by atoms with Crippen LogP contribution in [-0.2, 0) is 21.1 Å². The molecule has 8 heteroatoms. The Morgan fingerprint density at radius 2 is 1.70 bits per heavy atom. The number of sulfone groups is 1. The van der Waals surface area contributed by atoms with E-state index in [0.29, 0.717) is 5.56 Å². The summed E-state index contributed by atoms with van der Waals surface area (Å²) in [5, 5.41) is 2.66. The first-order chi connectivity index (χ1) is 12.7. The molecule has 3 rings (SSSR count). The van der Waals surface area contributed by atoms with Gasteiger partial charge in [-0.05, 0) is 29.8 Å². The van der Waals surface area contributed by atoms with Crippen molar-refractivity contribution in [1.82, 2.24) is 4.90 Å². The van der Waals surface area contributed by atoms with Crippen LogP contribution in [0.3, 0.4) is 0 Å². The maximum atomic E-state index is 12.4. The molecule has 0 aliphatic carbocycles. The van der Waals surface area contributed by atoms with E-state index in [9.17, 15) is 22.8 Å². The molecule has 140 valence electrons. The van der Waals surface area contributed by atoms with Gasteiger partial charge in [0.1, 0.15) is 0 Å². The van der Waals surface area contributed by atoms with E-state index in [0.717, 1.165) is 4.90 Å². The SMILES string of the molecule is CCS(=O)(=O)c1ccc(CC(=O)Nc2cccc3c2C(=O)N(C)C3=O)cc1. The fourth-order valence-electron chi connectivity index (χ4n) is 2.87. The van der Waals surface area contributed by atoms with Crippen molar-refractivity contribution in [2.45, 2.75) is 18.2 Å². The number of nitrogens with zero attached hydrogens (tertiary/aromatic N) is 1.